The number of nitrogens with one attached hydrogen (secondary N) is 2. The molecule has 2 heterocycles. The van der Waals surface area contributed by atoms with E-state index >= 15 is 0 Å². The average Bonchev–Trinajstić information content (AvgIpc) is 2.98. The van der Waals surface area contributed by atoms with Gasteiger partial charge in [-0.05, 0) is 30.2 Å². The number of aromatic amines is 1. The molecule has 0 unspecified atom stereocenters. The van der Waals surface area contributed by atoms with Crippen molar-refractivity contribution in [3.63, 3.8) is 0 Å². The van der Waals surface area contributed by atoms with Gasteiger partial charge in [0.15, 0.2) is 5.65 Å². The number of aromatic nitrogens is 3. The molecule has 0 saturated carbocycles. The molecule has 5 nitrogen and oxygen atoms in total. The van der Waals surface area contributed by atoms with Crippen LogP contribution in [-0.2, 0) is 0 Å². The molecule has 0 atom stereocenters. The topological polar surface area (TPSA) is 70.7 Å². The first kappa shape index (κ1) is 15.1. The SMILES string of the molecule is CCCCNC(=O)c1[nH]nc2ncc(-c3cccc(F)c3)cc12. The predicted octanol–water partition coefficient (Wildman–Crippen LogP) is 3.29. The van der Waals surface area contributed by atoms with Gasteiger partial charge in [0.05, 0.1) is 5.39 Å². The van der Waals surface area contributed by atoms with E-state index in [9.17, 15) is 9.18 Å². The number of carbonyl (C=O) groups is 1. The molecular formula is C17H17FN4O. The van der Waals surface area contributed by atoms with Gasteiger partial charge >= 0.3 is 0 Å². The zero-order chi connectivity index (χ0) is 16.2. The Hall–Kier alpha value is -2.76. The lowest BCUT2D eigenvalue weighted by Gasteiger charge is -2.04. The highest BCUT2D eigenvalue weighted by Crippen LogP contribution is 2.24. The maximum absolute atomic E-state index is 13.4. The number of hydrogen-bond donors (Lipinski definition) is 2. The van der Waals surface area contributed by atoms with Crippen LogP contribution in [0.1, 0.15) is 30.3 Å². The summed E-state index contributed by atoms with van der Waals surface area (Å²) in [5.74, 6) is -0.522. The Bertz CT molecular complexity index is 843. The zero-order valence-electron chi connectivity index (χ0n) is 12.8. The number of H-pyrrole nitrogens is 1. The van der Waals surface area contributed by atoms with Crippen LogP contribution in [0.3, 0.4) is 0 Å². The lowest BCUT2D eigenvalue weighted by atomic mass is 10.1. The third kappa shape index (κ3) is 3.21. The van der Waals surface area contributed by atoms with E-state index in [0.717, 1.165) is 18.4 Å². The van der Waals surface area contributed by atoms with Crippen molar-refractivity contribution < 1.29 is 9.18 Å². The van der Waals surface area contributed by atoms with Gasteiger partial charge in [-0.2, -0.15) is 5.10 Å². The maximum Gasteiger partial charge on any atom is 0.270 e. The van der Waals surface area contributed by atoms with Crippen LogP contribution in [0.25, 0.3) is 22.2 Å². The van der Waals surface area contributed by atoms with Crippen LogP contribution >= 0.6 is 0 Å². The summed E-state index contributed by atoms with van der Waals surface area (Å²) < 4.78 is 13.4. The first-order valence-corrected chi connectivity index (χ1v) is 7.57. The normalized spacial score (nSPS) is 10.9. The van der Waals surface area contributed by atoms with E-state index in [4.69, 9.17) is 0 Å². The van der Waals surface area contributed by atoms with Crippen LogP contribution in [0.2, 0.25) is 0 Å². The number of unbranched alkanes of at least 4 members (excludes halogenated alkanes) is 1. The number of hydrogen-bond acceptors (Lipinski definition) is 3. The minimum Gasteiger partial charge on any atom is -0.351 e. The molecule has 1 amide bonds. The second kappa shape index (κ2) is 6.56. The highest BCUT2D eigenvalue weighted by molar-refractivity contribution is 6.04. The first-order valence-electron chi connectivity index (χ1n) is 7.57. The third-order valence-electron chi connectivity index (χ3n) is 3.61. The summed E-state index contributed by atoms with van der Waals surface area (Å²) in [6.45, 7) is 2.68. The Morgan fingerprint density at radius 3 is 2.96 bits per heavy atom. The number of fused-ring (bicyclic) bond motifs is 1. The summed E-state index contributed by atoms with van der Waals surface area (Å²) in [6, 6.07) is 8.06. The van der Waals surface area contributed by atoms with Crippen molar-refractivity contribution in [2.45, 2.75) is 19.8 Å². The summed E-state index contributed by atoms with van der Waals surface area (Å²) in [6.07, 6.45) is 3.55. The standard InChI is InChI=1S/C17H17FN4O/c1-2-3-7-19-17(23)15-14-9-12(10-20-16(14)22-21-15)11-5-4-6-13(18)8-11/h4-6,8-10H,2-3,7H2,1H3,(H,19,23)(H,20,21,22). The predicted molar refractivity (Wildman–Crippen MR) is 86.5 cm³/mol. The number of amides is 1. The lowest BCUT2D eigenvalue weighted by molar-refractivity contribution is 0.0950. The summed E-state index contributed by atoms with van der Waals surface area (Å²) in [7, 11) is 0. The Balaban J connectivity index is 1.95. The van der Waals surface area contributed by atoms with Crippen molar-refractivity contribution in [1.82, 2.24) is 20.5 Å². The van der Waals surface area contributed by atoms with E-state index in [-0.39, 0.29) is 11.7 Å². The zero-order valence-corrected chi connectivity index (χ0v) is 12.8. The molecule has 0 bridgehead atoms. The van der Waals surface area contributed by atoms with Gasteiger partial charge in [-0.15, -0.1) is 0 Å². The van der Waals surface area contributed by atoms with Gasteiger partial charge in [-0.1, -0.05) is 25.5 Å². The van der Waals surface area contributed by atoms with Gasteiger partial charge in [-0.25, -0.2) is 9.37 Å². The molecule has 0 aliphatic heterocycles. The molecule has 0 aliphatic rings. The fourth-order valence-corrected chi connectivity index (χ4v) is 2.37. The molecule has 3 rings (SSSR count). The molecule has 0 radical (unpaired) electrons. The average molecular weight is 312 g/mol. The summed E-state index contributed by atoms with van der Waals surface area (Å²) in [4.78, 5) is 16.5. The van der Waals surface area contributed by atoms with E-state index in [2.05, 4.69) is 27.4 Å². The van der Waals surface area contributed by atoms with Crippen molar-refractivity contribution in [2.75, 3.05) is 6.54 Å². The second-order valence-electron chi connectivity index (χ2n) is 5.31. The number of pyridine rings is 1. The maximum atomic E-state index is 13.4. The highest BCUT2D eigenvalue weighted by atomic mass is 19.1. The minimum atomic E-state index is -0.313. The van der Waals surface area contributed by atoms with Crippen molar-refractivity contribution in [3.8, 4) is 11.1 Å². The Kier molecular flexibility index (Phi) is 4.32. The van der Waals surface area contributed by atoms with Crippen LogP contribution in [0, 0.1) is 5.82 Å². The van der Waals surface area contributed by atoms with Crippen molar-refractivity contribution in [2.24, 2.45) is 0 Å². The van der Waals surface area contributed by atoms with Crippen molar-refractivity contribution in [3.05, 3.63) is 48.0 Å². The van der Waals surface area contributed by atoms with Gasteiger partial charge in [0, 0.05) is 18.3 Å². The molecule has 1 aromatic carbocycles. The van der Waals surface area contributed by atoms with E-state index in [1.807, 2.05) is 0 Å². The molecule has 6 heteroatoms. The van der Waals surface area contributed by atoms with Gasteiger partial charge < -0.3 is 5.32 Å². The van der Waals surface area contributed by atoms with Gasteiger partial charge in [0.2, 0.25) is 0 Å². The molecular weight excluding hydrogens is 295 g/mol. The number of carbonyl (C=O) groups excluding carboxylic acids is 1. The second-order valence-corrected chi connectivity index (χ2v) is 5.31. The van der Waals surface area contributed by atoms with Crippen LogP contribution in [0.5, 0.6) is 0 Å². The van der Waals surface area contributed by atoms with Crippen LogP contribution < -0.4 is 5.32 Å². The monoisotopic (exact) mass is 312 g/mol. The Labute approximate surface area is 132 Å². The highest BCUT2D eigenvalue weighted by Gasteiger charge is 2.14. The fourth-order valence-electron chi connectivity index (χ4n) is 2.37. The first-order chi connectivity index (χ1) is 11.2. The number of halogens is 1. The Morgan fingerprint density at radius 2 is 2.17 bits per heavy atom. The number of benzene rings is 1. The number of nitrogens with zero attached hydrogens (tertiary/aromatic N) is 2. The van der Waals surface area contributed by atoms with E-state index in [1.165, 1.54) is 12.1 Å². The molecule has 0 spiro atoms. The molecule has 0 aliphatic carbocycles. The summed E-state index contributed by atoms with van der Waals surface area (Å²) >= 11 is 0. The minimum absolute atomic E-state index is 0.209. The van der Waals surface area contributed by atoms with Crippen molar-refractivity contribution in [1.29, 1.82) is 0 Å². The third-order valence-corrected chi connectivity index (χ3v) is 3.61. The Morgan fingerprint density at radius 1 is 1.30 bits per heavy atom. The molecule has 2 N–H and O–H groups in total. The van der Waals surface area contributed by atoms with E-state index < -0.39 is 0 Å². The molecule has 0 saturated heterocycles. The van der Waals surface area contributed by atoms with Gasteiger partial charge in [0.25, 0.3) is 5.91 Å². The van der Waals surface area contributed by atoms with Crippen LogP contribution in [0.15, 0.2) is 36.5 Å². The quantitative estimate of drug-likeness (QED) is 0.710. The lowest BCUT2D eigenvalue weighted by Crippen LogP contribution is -2.24. The molecule has 23 heavy (non-hydrogen) atoms. The van der Waals surface area contributed by atoms with E-state index in [0.29, 0.717) is 28.8 Å². The fraction of sp³-hybridized carbons (Fsp3) is 0.235. The summed E-state index contributed by atoms with van der Waals surface area (Å²) in [5.41, 5.74) is 2.28. The molecule has 2 aromatic heterocycles. The summed E-state index contributed by atoms with van der Waals surface area (Å²) in [5, 5.41) is 10.3. The molecule has 3 aromatic rings. The van der Waals surface area contributed by atoms with Gasteiger partial charge in [-0.3, -0.25) is 9.89 Å². The van der Waals surface area contributed by atoms with Gasteiger partial charge in [0.1, 0.15) is 11.5 Å². The molecule has 118 valence electrons. The van der Waals surface area contributed by atoms with E-state index in [1.54, 1.807) is 24.4 Å². The van der Waals surface area contributed by atoms with Crippen molar-refractivity contribution >= 4 is 16.9 Å². The smallest absolute Gasteiger partial charge is 0.270 e. The van der Waals surface area contributed by atoms with Crippen LogP contribution in [-0.4, -0.2) is 27.6 Å². The number of rotatable bonds is 5. The largest absolute Gasteiger partial charge is 0.351 e. The van der Waals surface area contributed by atoms with Crippen LogP contribution in [0.4, 0.5) is 4.39 Å². The molecule has 0 fully saturated rings.